The lowest BCUT2D eigenvalue weighted by molar-refractivity contribution is -0.124. The first-order valence-electron chi connectivity index (χ1n) is 7.03. The molecule has 1 aliphatic rings. The highest BCUT2D eigenvalue weighted by molar-refractivity contribution is 5.82. The molecule has 2 atom stereocenters. The van der Waals surface area contributed by atoms with Crippen molar-refractivity contribution in [2.45, 2.75) is 58.3 Å². The van der Waals surface area contributed by atoms with Crippen LogP contribution in [0.15, 0.2) is 24.3 Å². The molecule has 1 aliphatic carbocycles. The normalized spacial score (nSPS) is 25.2. The minimum absolute atomic E-state index is 0.194. The number of ketones is 1. The Kier molecular flexibility index (Phi) is 3.61. The molecule has 1 fully saturated rings. The first-order valence-corrected chi connectivity index (χ1v) is 7.03. The van der Waals surface area contributed by atoms with Crippen LogP contribution in [0, 0.1) is 5.92 Å². The number of rotatable bonds is 1. The van der Waals surface area contributed by atoms with Crippen LogP contribution in [0.3, 0.4) is 0 Å². The predicted molar refractivity (Wildman–Crippen MR) is 75.9 cm³/mol. The smallest absolute Gasteiger partial charge is 0.136 e. The van der Waals surface area contributed by atoms with E-state index in [2.05, 4.69) is 52.0 Å². The van der Waals surface area contributed by atoms with Crippen LogP contribution in [0.1, 0.15) is 64.0 Å². The summed E-state index contributed by atoms with van der Waals surface area (Å²) in [5.74, 6) is 1.06. The summed E-state index contributed by atoms with van der Waals surface area (Å²) in [6.45, 7) is 8.78. The molecule has 0 heterocycles. The Balaban J connectivity index is 2.21. The van der Waals surface area contributed by atoms with Gasteiger partial charge in [0.05, 0.1) is 0 Å². The van der Waals surface area contributed by atoms with Crippen molar-refractivity contribution in [2.24, 2.45) is 5.92 Å². The highest BCUT2D eigenvalue weighted by Crippen LogP contribution is 2.36. The molecular formula is C17H24O. The zero-order chi connectivity index (χ0) is 13.3. The highest BCUT2D eigenvalue weighted by Gasteiger charge is 2.29. The first kappa shape index (κ1) is 13.3. The fourth-order valence-corrected chi connectivity index (χ4v) is 2.88. The minimum atomic E-state index is 0.194. The second-order valence-corrected chi connectivity index (χ2v) is 6.63. The fraction of sp³-hybridized carbons (Fsp3) is 0.588. The third-order valence-corrected chi connectivity index (χ3v) is 4.25. The van der Waals surface area contributed by atoms with Gasteiger partial charge in [-0.1, -0.05) is 52.0 Å². The van der Waals surface area contributed by atoms with Gasteiger partial charge >= 0.3 is 0 Å². The number of Topliss-reactive ketones (excluding diaryl/α,β-unsaturated/α-hetero) is 1. The number of carbonyl (C=O) groups excluding carboxylic acids is 1. The van der Waals surface area contributed by atoms with Crippen molar-refractivity contribution in [2.75, 3.05) is 0 Å². The zero-order valence-corrected chi connectivity index (χ0v) is 12.0. The van der Waals surface area contributed by atoms with Crippen LogP contribution in [0.5, 0.6) is 0 Å². The molecule has 0 amide bonds. The standard InChI is InChI=1S/C17H24O/c1-12-15(6-5-7-16(12)18)13-8-10-14(11-9-13)17(2,3)4/h8-12,15H,5-7H2,1-4H3. The molecule has 1 heteroatoms. The van der Waals surface area contributed by atoms with Crippen LogP contribution >= 0.6 is 0 Å². The molecule has 98 valence electrons. The summed E-state index contributed by atoms with van der Waals surface area (Å²) >= 11 is 0. The summed E-state index contributed by atoms with van der Waals surface area (Å²) < 4.78 is 0. The van der Waals surface area contributed by atoms with Crippen molar-refractivity contribution in [1.82, 2.24) is 0 Å². The van der Waals surface area contributed by atoms with Crippen molar-refractivity contribution in [3.63, 3.8) is 0 Å². The number of benzene rings is 1. The summed E-state index contributed by atoms with van der Waals surface area (Å²) in [6, 6.07) is 8.89. The topological polar surface area (TPSA) is 17.1 Å². The molecule has 1 aromatic rings. The maximum atomic E-state index is 11.8. The average Bonchev–Trinajstić information content (AvgIpc) is 2.32. The molecule has 0 aliphatic heterocycles. The number of hydrogen-bond donors (Lipinski definition) is 0. The van der Waals surface area contributed by atoms with Crippen LogP contribution in [0.25, 0.3) is 0 Å². The second kappa shape index (κ2) is 4.87. The Morgan fingerprint density at radius 3 is 2.28 bits per heavy atom. The number of carbonyl (C=O) groups is 1. The molecule has 1 nitrogen and oxygen atoms in total. The molecule has 18 heavy (non-hydrogen) atoms. The monoisotopic (exact) mass is 244 g/mol. The lowest BCUT2D eigenvalue weighted by Crippen LogP contribution is -2.24. The molecular weight excluding hydrogens is 220 g/mol. The lowest BCUT2D eigenvalue weighted by Gasteiger charge is -2.28. The van der Waals surface area contributed by atoms with E-state index in [-0.39, 0.29) is 11.3 Å². The summed E-state index contributed by atoms with van der Waals surface area (Å²) in [5, 5.41) is 0. The highest BCUT2D eigenvalue weighted by atomic mass is 16.1. The van der Waals surface area contributed by atoms with Crippen LogP contribution in [-0.2, 0) is 10.2 Å². The molecule has 2 unspecified atom stereocenters. The van der Waals surface area contributed by atoms with E-state index in [0.29, 0.717) is 11.7 Å². The molecule has 0 saturated heterocycles. The van der Waals surface area contributed by atoms with E-state index >= 15 is 0 Å². The molecule has 0 radical (unpaired) electrons. The second-order valence-electron chi connectivity index (χ2n) is 6.63. The summed E-state index contributed by atoms with van der Waals surface area (Å²) in [7, 11) is 0. The van der Waals surface area contributed by atoms with E-state index in [4.69, 9.17) is 0 Å². The predicted octanol–water partition coefficient (Wildman–Crippen LogP) is 4.46. The van der Waals surface area contributed by atoms with Gasteiger partial charge in [-0.05, 0) is 35.3 Å². The van der Waals surface area contributed by atoms with E-state index in [1.807, 2.05) is 0 Å². The average molecular weight is 244 g/mol. The van der Waals surface area contributed by atoms with Gasteiger partial charge in [-0.2, -0.15) is 0 Å². The van der Waals surface area contributed by atoms with Crippen molar-refractivity contribution < 1.29 is 4.79 Å². The van der Waals surface area contributed by atoms with Gasteiger partial charge < -0.3 is 0 Å². The third kappa shape index (κ3) is 2.66. The van der Waals surface area contributed by atoms with Gasteiger partial charge in [0.15, 0.2) is 0 Å². The van der Waals surface area contributed by atoms with Crippen molar-refractivity contribution in [3.05, 3.63) is 35.4 Å². The molecule has 2 rings (SSSR count). The summed E-state index contributed by atoms with van der Waals surface area (Å²) in [4.78, 5) is 11.8. The van der Waals surface area contributed by atoms with Crippen LogP contribution in [0.2, 0.25) is 0 Å². The SMILES string of the molecule is CC1C(=O)CCCC1c1ccc(C(C)(C)C)cc1. The lowest BCUT2D eigenvalue weighted by atomic mass is 9.75. The largest absolute Gasteiger partial charge is 0.299 e. The first-order chi connectivity index (χ1) is 8.39. The Hall–Kier alpha value is -1.11. The Bertz CT molecular complexity index is 422. The van der Waals surface area contributed by atoms with E-state index < -0.39 is 0 Å². The van der Waals surface area contributed by atoms with E-state index in [0.717, 1.165) is 19.3 Å². The third-order valence-electron chi connectivity index (χ3n) is 4.25. The molecule has 1 aromatic carbocycles. The van der Waals surface area contributed by atoms with Gasteiger partial charge in [0, 0.05) is 12.3 Å². The Morgan fingerprint density at radius 1 is 1.11 bits per heavy atom. The van der Waals surface area contributed by atoms with Gasteiger partial charge in [0.1, 0.15) is 5.78 Å². The van der Waals surface area contributed by atoms with Crippen molar-refractivity contribution in [1.29, 1.82) is 0 Å². The summed E-state index contributed by atoms with van der Waals surface area (Å²) in [5.41, 5.74) is 2.90. The van der Waals surface area contributed by atoms with E-state index in [1.165, 1.54) is 11.1 Å². The Labute approximate surface area is 111 Å². The van der Waals surface area contributed by atoms with E-state index in [1.54, 1.807) is 0 Å². The quantitative estimate of drug-likeness (QED) is 0.713. The minimum Gasteiger partial charge on any atom is -0.299 e. The van der Waals surface area contributed by atoms with Crippen LogP contribution in [0.4, 0.5) is 0 Å². The van der Waals surface area contributed by atoms with Gasteiger partial charge in [0.25, 0.3) is 0 Å². The van der Waals surface area contributed by atoms with E-state index in [9.17, 15) is 4.79 Å². The maximum Gasteiger partial charge on any atom is 0.136 e. The number of hydrogen-bond acceptors (Lipinski definition) is 1. The molecule has 0 N–H and O–H groups in total. The fourth-order valence-electron chi connectivity index (χ4n) is 2.88. The molecule has 0 spiro atoms. The molecule has 0 aromatic heterocycles. The maximum absolute atomic E-state index is 11.8. The summed E-state index contributed by atoms with van der Waals surface area (Å²) in [6.07, 6.45) is 2.98. The van der Waals surface area contributed by atoms with Crippen molar-refractivity contribution in [3.8, 4) is 0 Å². The van der Waals surface area contributed by atoms with Gasteiger partial charge in [-0.15, -0.1) is 0 Å². The van der Waals surface area contributed by atoms with Gasteiger partial charge in [-0.25, -0.2) is 0 Å². The van der Waals surface area contributed by atoms with Crippen molar-refractivity contribution >= 4 is 5.78 Å². The van der Waals surface area contributed by atoms with Crippen LogP contribution < -0.4 is 0 Å². The molecule has 1 saturated carbocycles. The van der Waals surface area contributed by atoms with Gasteiger partial charge in [0.2, 0.25) is 0 Å². The van der Waals surface area contributed by atoms with Crippen LogP contribution in [-0.4, -0.2) is 5.78 Å². The zero-order valence-electron chi connectivity index (χ0n) is 12.0. The van der Waals surface area contributed by atoms with Gasteiger partial charge in [-0.3, -0.25) is 4.79 Å². The Morgan fingerprint density at radius 2 is 1.72 bits per heavy atom. The molecule has 0 bridgehead atoms.